The Morgan fingerprint density at radius 1 is 1.56 bits per heavy atom. The smallest absolute Gasteiger partial charge is 0.336 e. The molecule has 1 aliphatic carbocycles. The van der Waals surface area contributed by atoms with Gasteiger partial charge in [0.05, 0.1) is 5.56 Å². The van der Waals surface area contributed by atoms with Gasteiger partial charge in [0.25, 0.3) is 0 Å². The fourth-order valence-corrected chi connectivity index (χ4v) is 4.26. The van der Waals surface area contributed by atoms with E-state index in [1.165, 1.54) is 11.4 Å². The van der Waals surface area contributed by atoms with Crippen LogP contribution in [0.2, 0.25) is 0 Å². The zero-order valence-corrected chi connectivity index (χ0v) is 11.6. The fourth-order valence-electron chi connectivity index (χ4n) is 1.87. The number of carbonyl (C=O) groups is 1. The van der Waals surface area contributed by atoms with Crippen LogP contribution < -0.4 is 4.72 Å². The maximum atomic E-state index is 12.0. The number of nitrogens with one attached hydrogen (secondary N) is 1. The van der Waals surface area contributed by atoms with Gasteiger partial charge in [-0.3, -0.25) is 0 Å². The van der Waals surface area contributed by atoms with E-state index in [1.54, 1.807) is 0 Å². The van der Waals surface area contributed by atoms with Gasteiger partial charge >= 0.3 is 5.97 Å². The lowest BCUT2D eigenvalue weighted by Crippen LogP contribution is -2.39. The molecule has 18 heavy (non-hydrogen) atoms. The Hall–Kier alpha value is -0.920. The lowest BCUT2D eigenvalue weighted by atomic mass is 9.71. The van der Waals surface area contributed by atoms with Crippen LogP contribution in [0.25, 0.3) is 0 Å². The van der Waals surface area contributed by atoms with Crippen molar-refractivity contribution >= 4 is 27.3 Å². The van der Waals surface area contributed by atoms with Crippen LogP contribution in [0.3, 0.4) is 0 Å². The van der Waals surface area contributed by atoms with Gasteiger partial charge in [-0.1, -0.05) is 13.3 Å². The number of sulfonamides is 1. The normalized spacial score (nSPS) is 18.3. The summed E-state index contributed by atoms with van der Waals surface area (Å²) in [4.78, 5) is 10.7. The summed E-state index contributed by atoms with van der Waals surface area (Å²) in [5.41, 5.74) is 0.0650. The SMILES string of the molecule is CC1(CNS(=O)(=O)c2cc(C(=O)O)cs2)CCC1. The van der Waals surface area contributed by atoms with Gasteiger partial charge < -0.3 is 5.11 Å². The Morgan fingerprint density at radius 2 is 2.22 bits per heavy atom. The van der Waals surface area contributed by atoms with Crippen molar-refractivity contribution in [3.8, 4) is 0 Å². The van der Waals surface area contributed by atoms with Crippen LogP contribution in [0.1, 0.15) is 36.5 Å². The first-order chi connectivity index (χ1) is 8.32. The molecular formula is C11H15NO4S2. The van der Waals surface area contributed by atoms with E-state index in [0.29, 0.717) is 6.54 Å². The average molecular weight is 289 g/mol. The zero-order chi connectivity index (χ0) is 13.4. The molecule has 1 saturated carbocycles. The fraction of sp³-hybridized carbons (Fsp3) is 0.545. The summed E-state index contributed by atoms with van der Waals surface area (Å²) >= 11 is 0.930. The van der Waals surface area contributed by atoms with Crippen LogP contribution in [0.5, 0.6) is 0 Å². The Balaban J connectivity index is 2.07. The molecule has 0 saturated heterocycles. The summed E-state index contributed by atoms with van der Waals surface area (Å²) in [6.07, 6.45) is 3.20. The standard InChI is InChI=1S/C11H15NO4S2/c1-11(3-2-4-11)7-12-18(15,16)9-5-8(6-17-9)10(13)14/h5-6,12H,2-4,7H2,1H3,(H,13,14). The number of hydrogen-bond donors (Lipinski definition) is 2. The van der Waals surface area contributed by atoms with Gasteiger partial charge in [-0.2, -0.15) is 0 Å². The van der Waals surface area contributed by atoms with Gasteiger partial charge in [0.2, 0.25) is 10.0 Å². The van der Waals surface area contributed by atoms with E-state index < -0.39 is 16.0 Å². The molecule has 0 unspecified atom stereocenters. The highest BCUT2D eigenvalue weighted by Gasteiger charge is 2.33. The molecule has 100 valence electrons. The molecule has 1 aliphatic rings. The predicted molar refractivity (Wildman–Crippen MR) is 68.4 cm³/mol. The third-order valence-electron chi connectivity index (χ3n) is 3.34. The van der Waals surface area contributed by atoms with Crippen LogP contribution in [0, 0.1) is 5.41 Å². The minimum Gasteiger partial charge on any atom is -0.478 e. The number of rotatable bonds is 5. The summed E-state index contributed by atoms with van der Waals surface area (Å²) in [5.74, 6) is -1.11. The number of carboxylic acid groups (broad SMARTS) is 1. The van der Waals surface area contributed by atoms with Gasteiger partial charge in [0.1, 0.15) is 4.21 Å². The first-order valence-corrected chi connectivity index (χ1v) is 8.00. The second-order valence-corrected chi connectivity index (χ2v) is 7.85. The molecule has 0 aliphatic heterocycles. The first-order valence-electron chi connectivity index (χ1n) is 5.64. The average Bonchev–Trinajstić information content (AvgIpc) is 2.73. The second-order valence-electron chi connectivity index (χ2n) is 4.95. The maximum absolute atomic E-state index is 12.0. The zero-order valence-electron chi connectivity index (χ0n) is 9.97. The molecule has 0 spiro atoms. The van der Waals surface area contributed by atoms with E-state index in [1.807, 2.05) is 0 Å². The quantitative estimate of drug-likeness (QED) is 0.867. The molecule has 1 aromatic rings. The largest absolute Gasteiger partial charge is 0.478 e. The molecule has 1 aromatic heterocycles. The van der Waals surface area contributed by atoms with Crippen molar-refractivity contribution in [1.29, 1.82) is 0 Å². The summed E-state index contributed by atoms with van der Waals surface area (Å²) in [7, 11) is -3.58. The molecule has 1 fully saturated rings. The third-order valence-corrected chi connectivity index (χ3v) is 6.18. The highest BCUT2D eigenvalue weighted by atomic mass is 32.2. The van der Waals surface area contributed by atoms with E-state index >= 15 is 0 Å². The molecule has 0 radical (unpaired) electrons. The van der Waals surface area contributed by atoms with E-state index in [0.717, 1.165) is 30.6 Å². The van der Waals surface area contributed by atoms with Crippen LogP contribution in [-0.2, 0) is 10.0 Å². The molecule has 5 nitrogen and oxygen atoms in total. The summed E-state index contributed by atoms with van der Waals surface area (Å²) in [5, 5.41) is 10.1. The molecule has 1 heterocycles. The lowest BCUT2D eigenvalue weighted by molar-refractivity contribution is 0.0697. The van der Waals surface area contributed by atoms with Crippen LogP contribution in [-0.4, -0.2) is 26.0 Å². The molecular weight excluding hydrogens is 274 g/mol. The summed E-state index contributed by atoms with van der Waals surface area (Å²) in [6, 6.07) is 1.19. The van der Waals surface area contributed by atoms with Crippen LogP contribution in [0.4, 0.5) is 0 Å². The van der Waals surface area contributed by atoms with E-state index in [2.05, 4.69) is 11.6 Å². The van der Waals surface area contributed by atoms with E-state index in [-0.39, 0.29) is 15.2 Å². The number of thiophene rings is 1. The van der Waals surface area contributed by atoms with Crippen molar-refractivity contribution in [3.63, 3.8) is 0 Å². The number of carboxylic acids is 1. The molecule has 2 rings (SSSR count). The van der Waals surface area contributed by atoms with E-state index in [4.69, 9.17) is 5.11 Å². The molecule has 0 aromatic carbocycles. The Morgan fingerprint density at radius 3 is 2.67 bits per heavy atom. The monoisotopic (exact) mass is 289 g/mol. The van der Waals surface area contributed by atoms with Crippen LogP contribution in [0.15, 0.2) is 15.7 Å². The van der Waals surface area contributed by atoms with Crippen molar-refractivity contribution in [1.82, 2.24) is 4.72 Å². The lowest BCUT2D eigenvalue weighted by Gasteiger charge is -2.38. The van der Waals surface area contributed by atoms with Crippen LogP contribution >= 0.6 is 11.3 Å². The summed E-state index contributed by atoms with van der Waals surface area (Å²) in [6.45, 7) is 2.46. The number of aromatic carboxylic acids is 1. The van der Waals surface area contributed by atoms with E-state index in [9.17, 15) is 13.2 Å². The van der Waals surface area contributed by atoms with Crippen molar-refractivity contribution in [2.45, 2.75) is 30.4 Å². The van der Waals surface area contributed by atoms with Crippen molar-refractivity contribution in [2.24, 2.45) is 5.41 Å². The molecule has 0 atom stereocenters. The number of hydrogen-bond acceptors (Lipinski definition) is 4. The van der Waals surface area contributed by atoms with Gasteiger partial charge in [-0.25, -0.2) is 17.9 Å². The molecule has 7 heteroatoms. The van der Waals surface area contributed by atoms with Crippen molar-refractivity contribution in [2.75, 3.05) is 6.54 Å². The first kappa shape index (κ1) is 13.5. The van der Waals surface area contributed by atoms with Gasteiger partial charge in [-0.15, -0.1) is 11.3 Å². The maximum Gasteiger partial charge on any atom is 0.336 e. The topological polar surface area (TPSA) is 83.5 Å². The minimum absolute atomic E-state index is 0.00947. The van der Waals surface area contributed by atoms with Gasteiger partial charge in [-0.05, 0) is 24.3 Å². The third kappa shape index (κ3) is 2.73. The molecule has 2 N–H and O–H groups in total. The van der Waals surface area contributed by atoms with Crippen molar-refractivity contribution < 1.29 is 18.3 Å². The summed E-state index contributed by atoms with van der Waals surface area (Å²) < 4.78 is 26.5. The highest BCUT2D eigenvalue weighted by molar-refractivity contribution is 7.91. The Labute approximate surface area is 110 Å². The minimum atomic E-state index is -3.58. The molecule has 0 amide bonds. The second kappa shape index (κ2) is 4.64. The van der Waals surface area contributed by atoms with Crippen molar-refractivity contribution in [3.05, 3.63) is 17.0 Å². The van der Waals surface area contributed by atoms with Gasteiger partial charge in [0.15, 0.2) is 0 Å². The molecule has 0 bridgehead atoms. The van der Waals surface area contributed by atoms with Gasteiger partial charge in [0, 0.05) is 11.9 Å². The predicted octanol–water partition coefficient (Wildman–Crippen LogP) is 1.91. The Bertz CT molecular complexity index is 557. The highest BCUT2D eigenvalue weighted by Crippen LogP contribution is 2.39. The Kier molecular flexibility index (Phi) is 3.48.